The molecule has 7 heteroatoms. The molecule has 0 radical (unpaired) electrons. The van der Waals surface area contributed by atoms with Gasteiger partial charge >= 0.3 is 0 Å². The highest BCUT2D eigenvalue weighted by Crippen LogP contribution is 2.37. The number of benzene rings is 1. The van der Waals surface area contributed by atoms with Gasteiger partial charge in [0, 0.05) is 29.9 Å². The van der Waals surface area contributed by atoms with Crippen LogP contribution in [-0.4, -0.2) is 22.1 Å². The zero-order valence-electron chi connectivity index (χ0n) is 15.3. The van der Waals surface area contributed by atoms with Gasteiger partial charge < -0.3 is 10.1 Å². The van der Waals surface area contributed by atoms with Gasteiger partial charge in [-0.25, -0.2) is 19.3 Å². The summed E-state index contributed by atoms with van der Waals surface area (Å²) in [5.41, 5.74) is 1.80. The lowest BCUT2D eigenvalue weighted by atomic mass is 10.2. The first-order chi connectivity index (χ1) is 13.1. The Kier molecular flexibility index (Phi) is 4.61. The number of methoxy groups -OCH3 is 1. The Balaban J connectivity index is 1.71. The smallest absolute Gasteiger partial charge is 0.165 e. The van der Waals surface area contributed by atoms with Crippen molar-refractivity contribution in [3.8, 4) is 5.75 Å². The van der Waals surface area contributed by atoms with Crippen LogP contribution in [0, 0.1) is 12.7 Å². The topological polar surface area (TPSA) is 59.9 Å². The summed E-state index contributed by atoms with van der Waals surface area (Å²) in [6.45, 7) is 4.53. The molecule has 0 amide bonds. The summed E-state index contributed by atoms with van der Waals surface area (Å²) >= 11 is 1.61. The molecule has 0 aliphatic heterocycles. The molecule has 0 unspecified atom stereocenters. The number of aryl methyl sites for hydroxylation is 2. The highest BCUT2D eigenvalue weighted by molar-refractivity contribution is 7.26. The maximum Gasteiger partial charge on any atom is 0.165 e. The molecule has 0 bridgehead atoms. The van der Waals surface area contributed by atoms with Crippen molar-refractivity contribution in [1.29, 1.82) is 0 Å². The van der Waals surface area contributed by atoms with E-state index in [1.54, 1.807) is 23.6 Å². The quantitative estimate of drug-likeness (QED) is 0.534. The van der Waals surface area contributed by atoms with Gasteiger partial charge in [-0.1, -0.05) is 13.0 Å². The molecule has 0 spiro atoms. The number of halogens is 1. The molecule has 138 valence electrons. The summed E-state index contributed by atoms with van der Waals surface area (Å²) in [6.07, 6.45) is 2.58. The minimum atomic E-state index is -0.372. The van der Waals surface area contributed by atoms with Gasteiger partial charge in [-0.15, -0.1) is 11.3 Å². The average Bonchev–Trinajstić information content (AvgIpc) is 3.05. The number of hydrogen-bond acceptors (Lipinski definition) is 6. The molecular formula is C20H19FN4OS. The van der Waals surface area contributed by atoms with E-state index in [9.17, 15) is 4.39 Å². The Morgan fingerprint density at radius 2 is 2.07 bits per heavy atom. The molecule has 4 aromatic rings. The number of aromatic nitrogens is 3. The maximum absolute atomic E-state index is 13.9. The average molecular weight is 382 g/mol. The van der Waals surface area contributed by atoms with Gasteiger partial charge in [-0.2, -0.15) is 0 Å². The van der Waals surface area contributed by atoms with Crippen molar-refractivity contribution in [3.63, 3.8) is 0 Å². The molecule has 1 aromatic carbocycles. The summed E-state index contributed by atoms with van der Waals surface area (Å²) in [4.78, 5) is 14.7. The van der Waals surface area contributed by atoms with Crippen molar-refractivity contribution >= 4 is 37.5 Å². The van der Waals surface area contributed by atoms with Gasteiger partial charge in [-0.3, -0.25) is 0 Å². The monoisotopic (exact) mass is 382 g/mol. The lowest BCUT2D eigenvalue weighted by Crippen LogP contribution is -2.02. The van der Waals surface area contributed by atoms with Crippen molar-refractivity contribution in [3.05, 3.63) is 53.4 Å². The number of anilines is 1. The van der Waals surface area contributed by atoms with Gasteiger partial charge in [0.25, 0.3) is 0 Å². The van der Waals surface area contributed by atoms with Crippen molar-refractivity contribution in [2.75, 3.05) is 12.4 Å². The third kappa shape index (κ3) is 3.19. The summed E-state index contributed by atoms with van der Waals surface area (Å²) in [6, 6.07) is 6.93. The summed E-state index contributed by atoms with van der Waals surface area (Å²) in [7, 11) is 1.46. The van der Waals surface area contributed by atoms with E-state index in [0.717, 1.165) is 49.6 Å². The molecule has 5 nitrogen and oxygen atoms in total. The second kappa shape index (κ2) is 7.08. The van der Waals surface area contributed by atoms with Crippen molar-refractivity contribution in [2.24, 2.45) is 0 Å². The van der Waals surface area contributed by atoms with E-state index in [-0.39, 0.29) is 11.6 Å². The molecular weight excluding hydrogens is 363 g/mol. The van der Waals surface area contributed by atoms with Crippen LogP contribution in [0.3, 0.4) is 0 Å². The third-order valence-electron chi connectivity index (χ3n) is 4.47. The predicted octanol–water partition coefficient (Wildman–Crippen LogP) is 4.87. The molecule has 0 aliphatic carbocycles. The number of nitrogens with one attached hydrogen (secondary N) is 1. The number of rotatable bonds is 5. The molecule has 0 saturated heterocycles. The molecule has 3 heterocycles. The van der Waals surface area contributed by atoms with E-state index in [2.05, 4.69) is 27.2 Å². The first-order valence-electron chi connectivity index (χ1n) is 8.71. The van der Waals surface area contributed by atoms with Crippen LogP contribution in [0.5, 0.6) is 5.75 Å². The van der Waals surface area contributed by atoms with Crippen LogP contribution in [0.1, 0.15) is 24.0 Å². The minimum Gasteiger partial charge on any atom is -0.494 e. The number of pyridine rings is 1. The van der Waals surface area contributed by atoms with Gasteiger partial charge in [0.15, 0.2) is 11.6 Å². The molecule has 3 aromatic heterocycles. The normalized spacial score (nSPS) is 11.3. The number of ether oxygens (including phenoxy) is 1. The Morgan fingerprint density at radius 3 is 2.81 bits per heavy atom. The number of thiophene rings is 1. The lowest BCUT2D eigenvalue weighted by molar-refractivity contribution is 0.386. The van der Waals surface area contributed by atoms with E-state index in [1.165, 1.54) is 13.2 Å². The van der Waals surface area contributed by atoms with E-state index >= 15 is 0 Å². The molecule has 0 fully saturated rings. The minimum absolute atomic E-state index is 0.240. The number of nitrogens with zero attached hydrogens (tertiary/aromatic N) is 3. The van der Waals surface area contributed by atoms with Crippen LogP contribution in [-0.2, 0) is 13.0 Å². The summed E-state index contributed by atoms with van der Waals surface area (Å²) < 4.78 is 19.9. The van der Waals surface area contributed by atoms with E-state index in [4.69, 9.17) is 4.74 Å². The van der Waals surface area contributed by atoms with Crippen LogP contribution >= 0.6 is 11.3 Å². The molecule has 27 heavy (non-hydrogen) atoms. The summed E-state index contributed by atoms with van der Waals surface area (Å²) in [5.74, 6) is 1.49. The Bertz CT molecular complexity index is 1140. The van der Waals surface area contributed by atoms with Crippen LogP contribution in [0.2, 0.25) is 0 Å². The summed E-state index contributed by atoms with van der Waals surface area (Å²) in [5, 5.41) is 5.49. The van der Waals surface area contributed by atoms with Crippen LogP contribution < -0.4 is 10.1 Å². The van der Waals surface area contributed by atoms with Gasteiger partial charge in [0.1, 0.15) is 16.5 Å². The van der Waals surface area contributed by atoms with Gasteiger partial charge in [0.2, 0.25) is 0 Å². The Labute approximate surface area is 160 Å². The molecule has 1 N–H and O–H groups in total. The van der Waals surface area contributed by atoms with Gasteiger partial charge in [-0.05, 0) is 30.7 Å². The van der Waals surface area contributed by atoms with Crippen LogP contribution in [0.4, 0.5) is 10.2 Å². The van der Waals surface area contributed by atoms with E-state index < -0.39 is 0 Å². The highest BCUT2D eigenvalue weighted by atomic mass is 32.1. The zero-order valence-corrected chi connectivity index (χ0v) is 16.2. The van der Waals surface area contributed by atoms with Crippen molar-refractivity contribution < 1.29 is 9.13 Å². The Morgan fingerprint density at radius 1 is 1.22 bits per heavy atom. The van der Waals surface area contributed by atoms with Crippen molar-refractivity contribution in [1.82, 2.24) is 15.0 Å². The van der Waals surface area contributed by atoms with E-state index in [0.29, 0.717) is 6.54 Å². The lowest BCUT2D eigenvalue weighted by Gasteiger charge is -2.08. The molecule has 4 rings (SSSR count). The highest BCUT2D eigenvalue weighted by Gasteiger charge is 2.14. The van der Waals surface area contributed by atoms with Gasteiger partial charge in [0.05, 0.1) is 17.5 Å². The largest absolute Gasteiger partial charge is 0.494 e. The Hall–Kier alpha value is -2.80. The zero-order chi connectivity index (χ0) is 19.0. The second-order valence-corrected chi connectivity index (χ2v) is 7.22. The first kappa shape index (κ1) is 17.6. The van der Waals surface area contributed by atoms with E-state index in [1.807, 2.05) is 19.1 Å². The fourth-order valence-electron chi connectivity index (χ4n) is 3.12. The number of hydrogen-bond donors (Lipinski definition) is 1. The SMILES string of the molecule is CCc1nc(C)c2c(n1)sc1c(NCc3ccc(OC)c(F)c3)nccc12. The molecule has 0 saturated carbocycles. The molecule has 0 atom stereocenters. The molecule has 0 aliphatic rings. The van der Waals surface area contributed by atoms with Crippen LogP contribution in [0.25, 0.3) is 20.3 Å². The second-order valence-electron chi connectivity index (χ2n) is 6.22. The first-order valence-corrected chi connectivity index (χ1v) is 9.53. The number of fused-ring (bicyclic) bond motifs is 3. The third-order valence-corrected chi connectivity index (χ3v) is 5.57. The van der Waals surface area contributed by atoms with Crippen molar-refractivity contribution in [2.45, 2.75) is 26.8 Å². The standard InChI is InChI=1S/C20H19FN4OS/c1-4-16-24-11(2)17-13-7-8-22-19(18(13)27-20(17)25-16)23-10-12-5-6-15(26-3)14(21)9-12/h5-9H,4,10H2,1-3H3,(H,22,23). The fourth-order valence-corrected chi connectivity index (χ4v) is 4.33. The van der Waals surface area contributed by atoms with Crippen LogP contribution in [0.15, 0.2) is 30.5 Å². The fraction of sp³-hybridized carbons (Fsp3) is 0.250. The predicted molar refractivity (Wildman–Crippen MR) is 107 cm³/mol. The maximum atomic E-state index is 13.9.